The number of carbonyl (C=O) groups is 1. The average molecular weight is 313 g/mol. The highest BCUT2D eigenvalue weighted by Crippen LogP contribution is 2.29. The molecule has 0 aliphatic rings. The van der Waals surface area contributed by atoms with Crippen LogP contribution in [0.2, 0.25) is 0 Å². The molecule has 0 spiro atoms. The van der Waals surface area contributed by atoms with Gasteiger partial charge < -0.3 is 0 Å². The van der Waals surface area contributed by atoms with Crippen LogP contribution in [0, 0.1) is 0 Å². The van der Waals surface area contributed by atoms with Gasteiger partial charge in [-0.1, -0.05) is 28.1 Å². The van der Waals surface area contributed by atoms with Gasteiger partial charge in [0.15, 0.2) is 5.78 Å². The van der Waals surface area contributed by atoms with Gasteiger partial charge in [0.1, 0.15) is 0 Å². The number of rotatable bonds is 5. The van der Waals surface area contributed by atoms with Gasteiger partial charge in [0.2, 0.25) is 0 Å². The number of carbonyl (C=O) groups excluding carboxylic acids is 1. The molecular weight excluding hydrogens is 304 g/mol. The summed E-state index contributed by atoms with van der Waals surface area (Å²) in [6, 6.07) is 2.72. The van der Waals surface area contributed by atoms with Crippen LogP contribution in [0.25, 0.3) is 0 Å². The van der Waals surface area contributed by atoms with E-state index in [4.69, 9.17) is 0 Å². The lowest BCUT2D eigenvalue weighted by Gasteiger charge is -2.09. The van der Waals surface area contributed by atoms with Crippen molar-refractivity contribution in [2.75, 3.05) is 5.33 Å². The fourth-order valence-electron chi connectivity index (χ4n) is 1.37. The lowest BCUT2D eigenvalue weighted by molar-refractivity contribution is 0.0974. The summed E-state index contributed by atoms with van der Waals surface area (Å²) in [5.41, 5.74) is -1.33. The highest BCUT2D eigenvalue weighted by molar-refractivity contribution is 9.09. The first-order chi connectivity index (χ1) is 7.97. The number of alkyl halides is 5. The van der Waals surface area contributed by atoms with E-state index in [2.05, 4.69) is 15.9 Å². The van der Waals surface area contributed by atoms with Gasteiger partial charge in [-0.05, 0) is 6.07 Å². The van der Waals surface area contributed by atoms with E-state index in [0.717, 1.165) is 12.1 Å². The molecule has 0 saturated carbocycles. The smallest absolute Gasteiger partial charge is 0.264 e. The van der Waals surface area contributed by atoms with E-state index in [0.29, 0.717) is 11.4 Å². The van der Waals surface area contributed by atoms with Crippen LogP contribution in [-0.2, 0) is 0 Å². The van der Waals surface area contributed by atoms with Crippen molar-refractivity contribution in [2.24, 2.45) is 0 Å². The largest absolute Gasteiger partial charge is 0.294 e. The standard InChI is InChI=1S/C11H9BrF4O/c12-4-3-9(17)7-2-1-6(10(13)14)5-8(7)11(15)16/h1-2,5,10-11H,3-4H2. The topological polar surface area (TPSA) is 17.1 Å². The third kappa shape index (κ3) is 3.52. The Morgan fingerprint density at radius 1 is 1.18 bits per heavy atom. The number of hydrogen-bond acceptors (Lipinski definition) is 1. The summed E-state index contributed by atoms with van der Waals surface area (Å²) in [5, 5.41) is 0.338. The zero-order valence-electron chi connectivity index (χ0n) is 8.60. The molecule has 1 nitrogen and oxygen atoms in total. The molecule has 94 valence electrons. The summed E-state index contributed by atoms with van der Waals surface area (Å²) < 4.78 is 50.0. The molecule has 1 aromatic rings. The number of Topliss-reactive ketones (excluding diaryl/α,β-unsaturated/α-hetero) is 1. The fourth-order valence-corrected chi connectivity index (χ4v) is 1.73. The van der Waals surface area contributed by atoms with Gasteiger partial charge in [0.05, 0.1) is 0 Å². The molecule has 1 aromatic carbocycles. The van der Waals surface area contributed by atoms with Gasteiger partial charge in [0.25, 0.3) is 12.9 Å². The summed E-state index contributed by atoms with van der Waals surface area (Å²) in [4.78, 5) is 11.5. The summed E-state index contributed by atoms with van der Waals surface area (Å²) >= 11 is 3.02. The van der Waals surface area contributed by atoms with Crippen molar-refractivity contribution in [1.82, 2.24) is 0 Å². The molecule has 0 saturated heterocycles. The summed E-state index contributed by atoms with van der Waals surface area (Å²) in [6.07, 6.45) is -5.72. The maximum absolute atomic E-state index is 12.7. The average Bonchev–Trinajstić information content (AvgIpc) is 2.28. The Morgan fingerprint density at radius 3 is 2.29 bits per heavy atom. The second-order valence-corrected chi connectivity index (χ2v) is 4.10. The zero-order chi connectivity index (χ0) is 13.0. The van der Waals surface area contributed by atoms with Gasteiger partial charge >= 0.3 is 0 Å². The molecule has 0 bridgehead atoms. The minimum Gasteiger partial charge on any atom is -0.294 e. The van der Waals surface area contributed by atoms with Crippen molar-refractivity contribution in [3.8, 4) is 0 Å². The highest BCUT2D eigenvalue weighted by atomic mass is 79.9. The Labute approximate surface area is 104 Å². The quantitative estimate of drug-likeness (QED) is 0.443. The van der Waals surface area contributed by atoms with E-state index in [1.54, 1.807) is 0 Å². The van der Waals surface area contributed by atoms with Crippen LogP contribution in [0.15, 0.2) is 18.2 Å². The monoisotopic (exact) mass is 312 g/mol. The fraction of sp³-hybridized carbons (Fsp3) is 0.364. The number of hydrogen-bond donors (Lipinski definition) is 0. The second kappa shape index (κ2) is 6.14. The molecule has 0 N–H and O–H groups in total. The first-order valence-corrected chi connectivity index (χ1v) is 5.88. The van der Waals surface area contributed by atoms with Crippen molar-refractivity contribution in [2.45, 2.75) is 19.3 Å². The number of halogens is 5. The van der Waals surface area contributed by atoms with E-state index in [1.807, 2.05) is 0 Å². The predicted octanol–water partition coefficient (Wildman–Crippen LogP) is 4.53. The van der Waals surface area contributed by atoms with Gasteiger partial charge in [-0.15, -0.1) is 0 Å². The molecule has 1 rings (SSSR count). The highest BCUT2D eigenvalue weighted by Gasteiger charge is 2.20. The molecule has 0 atom stereocenters. The van der Waals surface area contributed by atoms with Gasteiger partial charge in [-0.2, -0.15) is 0 Å². The third-order valence-corrected chi connectivity index (χ3v) is 2.58. The van der Waals surface area contributed by atoms with Crippen LogP contribution in [0.5, 0.6) is 0 Å². The van der Waals surface area contributed by atoms with E-state index in [9.17, 15) is 22.4 Å². The molecule has 6 heteroatoms. The van der Waals surface area contributed by atoms with Crippen LogP contribution in [-0.4, -0.2) is 11.1 Å². The zero-order valence-corrected chi connectivity index (χ0v) is 10.2. The Bertz CT molecular complexity index is 406. The molecule has 0 heterocycles. The minimum atomic E-state index is -2.94. The Kier molecular flexibility index (Phi) is 5.11. The summed E-state index contributed by atoms with van der Waals surface area (Å²) in [7, 11) is 0. The normalized spacial score (nSPS) is 11.2. The molecule has 0 aliphatic carbocycles. The van der Waals surface area contributed by atoms with Crippen LogP contribution in [0.3, 0.4) is 0 Å². The summed E-state index contributed by atoms with van der Waals surface area (Å²) in [6.45, 7) is 0. The van der Waals surface area contributed by atoms with Crippen molar-refractivity contribution >= 4 is 21.7 Å². The Hall–Kier alpha value is -0.910. The SMILES string of the molecule is O=C(CCBr)c1ccc(C(F)F)cc1C(F)F. The molecule has 0 aliphatic heterocycles. The first-order valence-electron chi connectivity index (χ1n) is 4.76. The van der Waals surface area contributed by atoms with Crippen LogP contribution in [0.1, 0.15) is 40.8 Å². The molecular formula is C11H9BrF4O. The van der Waals surface area contributed by atoms with Gasteiger partial charge in [0, 0.05) is 28.4 Å². The second-order valence-electron chi connectivity index (χ2n) is 3.31. The van der Waals surface area contributed by atoms with E-state index in [1.165, 1.54) is 0 Å². The van der Waals surface area contributed by atoms with Crippen molar-refractivity contribution < 1.29 is 22.4 Å². The molecule has 0 aromatic heterocycles. The van der Waals surface area contributed by atoms with E-state index >= 15 is 0 Å². The van der Waals surface area contributed by atoms with E-state index < -0.39 is 29.8 Å². The molecule has 0 unspecified atom stereocenters. The van der Waals surface area contributed by atoms with E-state index in [-0.39, 0.29) is 12.0 Å². The van der Waals surface area contributed by atoms with Gasteiger partial charge in [-0.3, -0.25) is 4.79 Å². The van der Waals surface area contributed by atoms with Crippen LogP contribution in [0.4, 0.5) is 17.6 Å². The lowest BCUT2D eigenvalue weighted by Crippen LogP contribution is -2.06. The van der Waals surface area contributed by atoms with Crippen molar-refractivity contribution in [3.05, 3.63) is 34.9 Å². The molecule has 0 amide bonds. The first kappa shape index (κ1) is 14.2. The summed E-state index contributed by atoms with van der Waals surface area (Å²) in [5.74, 6) is -0.488. The van der Waals surface area contributed by atoms with Crippen LogP contribution >= 0.6 is 15.9 Å². The van der Waals surface area contributed by atoms with Gasteiger partial charge in [-0.25, -0.2) is 17.6 Å². The van der Waals surface area contributed by atoms with Crippen molar-refractivity contribution in [3.63, 3.8) is 0 Å². The lowest BCUT2D eigenvalue weighted by atomic mass is 9.99. The predicted molar refractivity (Wildman–Crippen MR) is 59.1 cm³/mol. The third-order valence-electron chi connectivity index (χ3n) is 2.18. The maximum Gasteiger partial charge on any atom is 0.264 e. The van der Waals surface area contributed by atoms with Crippen molar-refractivity contribution in [1.29, 1.82) is 0 Å². The molecule has 17 heavy (non-hydrogen) atoms. The molecule has 0 radical (unpaired) electrons. The van der Waals surface area contributed by atoms with Crippen LogP contribution < -0.4 is 0 Å². The Balaban J connectivity index is 3.17. The molecule has 0 fully saturated rings. The number of benzene rings is 1. The Morgan fingerprint density at radius 2 is 1.82 bits per heavy atom. The number of ketones is 1. The maximum atomic E-state index is 12.7. The minimum absolute atomic E-state index is 0.0494.